The third-order valence-corrected chi connectivity index (χ3v) is 3.08. The predicted molar refractivity (Wildman–Crippen MR) is 61.9 cm³/mol. The van der Waals surface area contributed by atoms with E-state index < -0.39 is 0 Å². The number of carbonyl (C=O) groups is 1. The summed E-state index contributed by atoms with van der Waals surface area (Å²) in [6.45, 7) is 2.60. The van der Waals surface area contributed by atoms with Crippen molar-refractivity contribution in [2.24, 2.45) is 5.92 Å². The van der Waals surface area contributed by atoms with Gasteiger partial charge in [-0.2, -0.15) is 0 Å². The van der Waals surface area contributed by atoms with Crippen molar-refractivity contribution >= 4 is 5.91 Å². The maximum absolute atomic E-state index is 13.4. The first-order valence-electron chi connectivity index (χ1n) is 5.78. The van der Waals surface area contributed by atoms with Crippen LogP contribution in [0.4, 0.5) is 4.39 Å². The minimum absolute atomic E-state index is 0.0152. The lowest BCUT2D eigenvalue weighted by Gasteiger charge is -2.37. The topological polar surface area (TPSA) is 40.5 Å². The number of amides is 1. The lowest BCUT2D eigenvalue weighted by molar-refractivity contribution is -0.145. The fourth-order valence-electron chi connectivity index (χ4n) is 2.03. The van der Waals surface area contributed by atoms with E-state index in [0.29, 0.717) is 25.1 Å². The number of hydrogen-bond donors (Lipinski definition) is 1. The van der Waals surface area contributed by atoms with Crippen molar-refractivity contribution in [2.75, 3.05) is 13.1 Å². The molecule has 1 N–H and O–H groups in total. The zero-order valence-electron chi connectivity index (χ0n) is 9.77. The Kier molecular flexibility index (Phi) is 3.43. The molecule has 0 aliphatic carbocycles. The number of likely N-dealkylation sites (tertiary alicyclic amines) is 1. The maximum atomic E-state index is 13.4. The Morgan fingerprint density at radius 2 is 2.18 bits per heavy atom. The molecule has 1 atom stereocenters. The molecule has 0 saturated carbocycles. The molecule has 2 rings (SSSR count). The fraction of sp³-hybridized carbons (Fsp3) is 0.462. The van der Waals surface area contributed by atoms with Gasteiger partial charge < -0.3 is 10.0 Å². The average Bonchev–Trinajstić information content (AvgIpc) is 2.27. The van der Waals surface area contributed by atoms with E-state index >= 15 is 0 Å². The molecule has 17 heavy (non-hydrogen) atoms. The highest BCUT2D eigenvalue weighted by molar-refractivity contribution is 5.79. The Morgan fingerprint density at radius 3 is 2.76 bits per heavy atom. The molecular formula is C13H16FNO2. The Labute approximate surface area is 99.9 Å². The van der Waals surface area contributed by atoms with Gasteiger partial charge in [0, 0.05) is 19.0 Å². The van der Waals surface area contributed by atoms with Crippen LogP contribution in [-0.4, -0.2) is 35.1 Å². The standard InChI is InChI=1S/C13H16FNO2/c1-9(13(17)15-7-11(16)8-15)6-10-4-2-3-5-12(10)14/h2-5,9,11,16H,6-8H2,1H3. The van der Waals surface area contributed by atoms with Crippen LogP contribution in [0.25, 0.3) is 0 Å². The molecule has 1 aromatic carbocycles. The van der Waals surface area contributed by atoms with Crippen molar-refractivity contribution < 1.29 is 14.3 Å². The van der Waals surface area contributed by atoms with Gasteiger partial charge in [0.2, 0.25) is 5.91 Å². The second kappa shape index (κ2) is 4.84. The Hall–Kier alpha value is -1.42. The van der Waals surface area contributed by atoms with E-state index in [2.05, 4.69) is 0 Å². The normalized spacial score (nSPS) is 17.7. The molecule has 4 heteroatoms. The van der Waals surface area contributed by atoms with Gasteiger partial charge in [0.1, 0.15) is 5.82 Å². The van der Waals surface area contributed by atoms with Crippen molar-refractivity contribution in [3.63, 3.8) is 0 Å². The highest BCUT2D eigenvalue weighted by atomic mass is 19.1. The summed E-state index contributed by atoms with van der Waals surface area (Å²) in [4.78, 5) is 13.5. The molecule has 3 nitrogen and oxygen atoms in total. The smallest absolute Gasteiger partial charge is 0.225 e. The lowest BCUT2D eigenvalue weighted by atomic mass is 9.97. The number of aliphatic hydroxyl groups is 1. The zero-order valence-corrected chi connectivity index (χ0v) is 9.77. The summed E-state index contributed by atoms with van der Waals surface area (Å²) in [6.07, 6.45) is 0.0116. The van der Waals surface area contributed by atoms with Crippen LogP contribution < -0.4 is 0 Å². The monoisotopic (exact) mass is 237 g/mol. The van der Waals surface area contributed by atoms with Crippen molar-refractivity contribution in [2.45, 2.75) is 19.4 Å². The maximum Gasteiger partial charge on any atom is 0.225 e. The molecule has 0 aromatic heterocycles. The second-order valence-electron chi connectivity index (χ2n) is 4.59. The first-order chi connectivity index (χ1) is 8.08. The molecular weight excluding hydrogens is 221 g/mol. The molecule has 0 radical (unpaired) electrons. The molecule has 1 aliphatic rings. The van der Waals surface area contributed by atoms with Gasteiger partial charge in [0.15, 0.2) is 0 Å². The molecule has 1 heterocycles. The van der Waals surface area contributed by atoms with Gasteiger partial charge >= 0.3 is 0 Å². The van der Waals surface area contributed by atoms with Crippen molar-refractivity contribution in [1.29, 1.82) is 0 Å². The number of aliphatic hydroxyl groups excluding tert-OH is 1. The van der Waals surface area contributed by atoms with Crippen LogP contribution in [0.3, 0.4) is 0 Å². The number of halogens is 1. The van der Waals surface area contributed by atoms with E-state index in [4.69, 9.17) is 5.11 Å². The summed E-state index contributed by atoms with van der Waals surface area (Å²) in [5.74, 6) is -0.534. The summed E-state index contributed by atoms with van der Waals surface area (Å²) in [5, 5.41) is 9.13. The summed E-state index contributed by atoms with van der Waals surface area (Å²) >= 11 is 0. The van der Waals surface area contributed by atoms with Crippen LogP contribution >= 0.6 is 0 Å². The van der Waals surface area contributed by atoms with E-state index in [9.17, 15) is 9.18 Å². The van der Waals surface area contributed by atoms with Crippen molar-refractivity contribution in [1.82, 2.24) is 4.90 Å². The molecule has 0 spiro atoms. The minimum Gasteiger partial charge on any atom is -0.389 e. The van der Waals surface area contributed by atoms with E-state index in [1.165, 1.54) is 6.07 Å². The van der Waals surface area contributed by atoms with Crippen LogP contribution in [0, 0.1) is 11.7 Å². The Morgan fingerprint density at radius 1 is 1.53 bits per heavy atom. The fourth-order valence-corrected chi connectivity index (χ4v) is 2.03. The summed E-state index contributed by atoms with van der Waals surface area (Å²) in [7, 11) is 0. The Bertz CT molecular complexity index is 416. The second-order valence-corrected chi connectivity index (χ2v) is 4.59. The van der Waals surface area contributed by atoms with Crippen LogP contribution in [-0.2, 0) is 11.2 Å². The number of nitrogens with zero attached hydrogens (tertiary/aromatic N) is 1. The van der Waals surface area contributed by atoms with Crippen LogP contribution in [0.15, 0.2) is 24.3 Å². The summed E-state index contributed by atoms with van der Waals surface area (Å²) < 4.78 is 13.4. The number of rotatable bonds is 3. The third kappa shape index (κ3) is 2.64. The van der Waals surface area contributed by atoms with Crippen LogP contribution in [0.2, 0.25) is 0 Å². The Balaban J connectivity index is 1.95. The summed E-state index contributed by atoms with van der Waals surface area (Å²) in [6, 6.07) is 6.50. The van der Waals surface area contributed by atoms with Crippen molar-refractivity contribution in [3.8, 4) is 0 Å². The highest BCUT2D eigenvalue weighted by Gasteiger charge is 2.31. The zero-order chi connectivity index (χ0) is 12.4. The predicted octanol–water partition coefficient (Wildman–Crippen LogP) is 1.21. The van der Waals surface area contributed by atoms with Crippen LogP contribution in [0.1, 0.15) is 12.5 Å². The van der Waals surface area contributed by atoms with Gasteiger partial charge in [0.25, 0.3) is 0 Å². The van der Waals surface area contributed by atoms with Gasteiger partial charge in [-0.1, -0.05) is 25.1 Å². The van der Waals surface area contributed by atoms with Crippen molar-refractivity contribution in [3.05, 3.63) is 35.6 Å². The molecule has 1 aromatic rings. The minimum atomic E-state index is -0.389. The molecule has 1 aliphatic heterocycles. The SMILES string of the molecule is CC(Cc1ccccc1F)C(=O)N1CC(O)C1. The average molecular weight is 237 g/mol. The lowest BCUT2D eigenvalue weighted by Crippen LogP contribution is -2.55. The molecule has 1 unspecified atom stereocenters. The summed E-state index contributed by atoms with van der Waals surface area (Å²) in [5.41, 5.74) is 0.564. The largest absolute Gasteiger partial charge is 0.389 e. The first-order valence-corrected chi connectivity index (χ1v) is 5.78. The molecule has 1 saturated heterocycles. The molecule has 1 fully saturated rings. The van der Waals surface area contributed by atoms with E-state index in [0.717, 1.165) is 0 Å². The van der Waals surface area contributed by atoms with Gasteiger partial charge in [-0.05, 0) is 18.1 Å². The van der Waals surface area contributed by atoms with E-state index in [1.54, 1.807) is 30.0 Å². The quantitative estimate of drug-likeness (QED) is 0.858. The number of benzene rings is 1. The first kappa shape index (κ1) is 12.0. The molecule has 92 valence electrons. The van der Waals surface area contributed by atoms with E-state index in [1.807, 2.05) is 0 Å². The number of hydrogen-bond acceptors (Lipinski definition) is 2. The van der Waals surface area contributed by atoms with E-state index in [-0.39, 0.29) is 23.7 Å². The van der Waals surface area contributed by atoms with Crippen LogP contribution in [0.5, 0.6) is 0 Å². The van der Waals surface area contributed by atoms with Gasteiger partial charge in [-0.3, -0.25) is 4.79 Å². The van der Waals surface area contributed by atoms with Gasteiger partial charge in [-0.25, -0.2) is 4.39 Å². The number of carbonyl (C=O) groups excluding carboxylic acids is 1. The highest BCUT2D eigenvalue weighted by Crippen LogP contribution is 2.17. The van der Waals surface area contributed by atoms with Gasteiger partial charge in [-0.15, -0.1) is 0 Å². The molecule has 0 bridgehead atoms. The third-order valence-electron chi connectivity index (χ3n) is 3.08. The van der Waals surface area contributed by atoms with Gasteiger partial charge in [0.05, 0.1) is 6.10 Å². The molecule has 1 amide bonds. The number of β-amino-alcohol motifs (C(OH)–C–C–N with tert-alkyl or cyclic N) is 1.